The lowest BCUT2D eigenvalue weighted by molar-refractivity contribution is 0.164. The Morgan fingerprint density at radius 2 is 2.25 bits per heavy atom. The zero-order valence-electron chi connectivity index (χ0n) is 12.5. The van der Waals surface area contributed by atoms with Gasteiger partial charge >= 0.3 is 0 Å². The molecule has 1 aliphatic rings. The van der Waals surface area contributed by atoms with E-state index in [0.29, 0.717) is 12.5 Å². The molecule has 3 nitrogen and oxygen atoms in total. The molecular weight excluding hydrogens is 255 g/mol. The van der Waals surface area contributed by atoms with E-state index in [1.54, 1.807) is 0 Å². The summed E-state index contributed by atoms with van der Waals surface area (Å²) in [7, 11) is 0. The zero-order chi connectivity index (χ0) is 14.5. The Bertz CT molecular complexity index is 482. The molecule has 2 heterocycles. The second kappa shape index (κ2) is 7.02. The van der Waals surface area contributed by atoms with Gasteiger partial charge in [-0.1, -0.05) is 19.9 Å². The van der Waals surface area contributed by atoms with Crippen molar-refractivity contribution in [3.05, 3.63) is 34.2 Å². The van der Waals surface area contributed by atoms with Crippen LogP contribution in [0, 0.1) is 5.92 Å². The summed E-state index contributed by atoms with van der Waals surface area (Å²) in [5.41, 5.74) is 1.03. The highest BCUT2D eigenvalue weighted by atomic mass is 19.1. The molecule has 0 saturated carbocycles. The van der Waals surface area contributed by atoms with Crippen LogP contribution in [0.2, 0.25) is 0 Å². The molecular formula is C16H25FN2O. The number of hydrogen-bond donors (Lipinski definition) is 0. The maximum absolute atomic E-state index is 12.5. The van der Waals surface area contributed by atoms with Crippen molar-refractivity contribution in [1.82, 2.24) is 9.47 Å². The number of pyridine rings is 1. The van der Waals surface area contributed by atoms with Crippen LogP contribution in [0.3, 0.4) is 0 Å². The molecule has 0 bridgehead atoms. The highest BCUT2D eigenvalue weighted by Crippen LogP contribution is 2.20. The fourth-order valence-electron chi connectivity index (χ4n) is 3.02. The van der Waals surface area contributed by atoms with Gasteiger partial charge in [0.05, 0.1) is 0 Å². The number of nitrogens with zero attached hydrogens (tertiary/aromatic N) is 2. The highest BCUT2D eigenvalue weighted by Gasteiger charge is 2.22. The van der Waals surface area contributed by atoms with E-state index in [9.17, 15) is 9.18 Å². The van der Waals surface area contributed by atoms with E-state index >= 15 is 0 Å². The maximum Gasteiger partial charge on any atom is 0.254 e. The van der Waals surface area contributed by atoms with Crippen molar-refractivity contribution in [3.63, 3.8) is 0 Å². The van der Waals surface area contributed by atoms with Crippen molar-refractivity contribution in [1.29, 1.82) is 0 Å². The largest absolute Gasteiger partial charge is 0.311 e. The quantitative estimate of drug-likeness (QED) is 0.828. The van der Waals surface area contributed by atoms with Crippen LogP contribution in [0.15, 0.2) is 23.1 Å². The number of halogens is 1. The van der Waals surface area contributed by atoms with Gasteiger partial charge in [-0.3, -0.25) is 9.69 Å². The number of piperidine rings is 1. The first-order valence-electron chi connectivity index (χ1n) is 7.60. The number of aromatic nitrogens is 1. The van der Waals surface area contributed by atoms with Crippen molar-refractivity contribution < 1.29 is 4.39 Å². The molecule has 0 aromatic carbocycles. The van der Waals surface area contributed by atoms with Gasteiger partial charge in [-0.15, -0.1) is 0 Å². The van der Waals surface area contributed by atoms with Crippen LogP contribution in [0.4, 0.5) is 4.39 Å². The molecule has 112 valence electrons. The van der Waals surface area contributed by atoms with Crippen molar-refractivity contribution in [2.75, 3.05) is 26.3 Å². The van der Waals surface area contributed by atoms with Crippen LogP contribution < -0.4 is 5.56 Å². The summed E-state index contributed by atoms with van der Waals surface area (Å²) in [6, 6.07) is 4.09. The normalized spacial score (nSPS) is 20.5. The van der Waals surface area contributed by atoms with Crippen LogP contribution in [0.1, 0.15) is 38.3 Å². The molecule has 1 atom stereocenters. The molecule has 0 N–H and O–H groups in total. The minimum atomic E-state index is -0.311. The van der Waals surface area contributed by atoms with Gasteiger partial charge in [0.15, 0.2) is 0 Å². The van der Waals surface area contributed by atoms with Gasteiger partial charge in [0.1, 0.15) is 6.67 Å². The SMILES string of the molecule is CC(C)Cc1cccn(C2CCCN(CCF)C2)c1=O. The Kier molecular flexibility index (Phi) is 5.35. The maximum atomic E-state index is 12.5. The first kappa shape index (κ1) is 15.2. The van der Waals surface area contributed by atoms with Gasteiger partial charge < -0.3 is 4.57 Å². The van der Waals surface area contributed by atoms with Gasteiger partial charge in [-0.05, 0) is 37.8 Å². The van der Waals surface area contributed by atoms with Crippen molar-refractivity contribution in [2.24, 2.45) is 5.92 Å². The molecule has 0 spiro atoms. The summed E-state index contributed by atoms with van der Waals surface area (Å²) in [6.45, 7) is 6.16. The van der Waals surface area contributed by atoms with Gasteiger partial charge in [0, 0.05) is 30.9 Å². The van der Waals surface area contributed by atoms with Gasteiger partial charge in [-0.25, -0.2) is 4.39 Å². The number of likely N-dealkylation sites (tertiary alicyclic amines) is 1. The van der Waals surface area contributed by atoms with E-state index in [1.165, 1.54) is 0 Å². The third-order valence-electron chi connectivity index (χ3n) is 3.96. The first-order chi connectivity index (χ1) is 9.61. The monoisotopic (exact) mass is 280 g/mol. The average molecular weight is 280 g/mol. The van der Waals surface area contributed by atoms with Crippen molar-refractivity contribution >= 4 is 0 Å². The Morgan fingerprint density at radius 3 is 2.95 bits per heavy atom. The Labute approximate surface area is 120 Å². The van der Waals surface area contributed by atoms with Crippen LogP contribution in [0.25, 0.3) is 0 Å². The summed E-state index contributed by atoms with van der Waals surface area (Å²) in [5, 5.41) is 0. The molecule has 0 amide bonds. The fraction of sp³-hybridized carbons (Fsp3) is 0.688. The first-order valence-corrected chi connectivity index (χ1v) is 7.60. The second-order valence-electron chi connectivity index (χ2n) is 6.13. The molecule has 1 fully saturated rings. The predicted octanol–water partition coefficient (Wildman–Crippen LogP) is 2.65. The van der Waals surface area contributed by atoms with Crippen molar-refractivity contribution in [2.45, 2.75) is 39.2 Å². The summed E-state index contributed by atoms with van der Waals surface area (Å²) in [6.07, 6.45) is 4.75. The minimum absolute atomic E-state index is 0.133. The molecule has 20 heavy (non-hydrogen) atoms. The topological polar surface area (TPSA) is 25.2 Å². The van der Waals surface area contributed by atoms with Crippen LogP contribution in [0.5, 0.6) is 0 Å². The molecule has 0 radical (unpaired) electrons. The number of hydrogen-bond acceptors (Lipinski definition) is 2. The summed E-state index contributed by atoms with van der Waals surface area (Å²) in [5.74, 6) is 0.480. The second-order valence-corrected chi connectivity index (χ2v) is 6.13. The summed E-state index contributed by atoms with van der Waals surface area (Å²) in [4.78, 5) is 14.7. The van der Waals surface area contributed by atoms with Gasteiger partial charge in [0.2, 0.25) is 0 Å². The molecule has 1 aromatic rings. The summed E-state index contributed by atoms with van der Waals surface area (Å²) < 4.78 is 14.3. The third-order valence-corrected chi connectivity index (χ3v) is 3.96. The molecule has 1 unspecified atom stereocenters. The molecule has 1 aromatic heterocycles. The minimum Gasteiger partial charge on any atom is -0.311 e. The van der Waals surface area contributed by atoms with E-state index < -0.39 is 0 Å². The standard InChI is InChI=1S/C16H25FN2O/c1-13(2)11-14-5-3-9-19(16(14)20)15-6-4-8-18(12-15)10-7-17/h3,5,9,13,15H,4,6-8,10-12H2,1-2H3. The van der Waals surface area contributed by atoms with Gasteiger partial charge in [-0.2, -0.15) is 0 Å². The lowest BCUT2D eigenvalue weighted by Gasteiger charge is -2.33. The van der Waals surface area contributed by atoms with Crippen LogP contribution in [-0.2, 0) is 6.42 Å². The van der Waals surface area contributed by atoms with E-state index in [2.05, 4.69) is 18.7 Å². The number of alkyl halides is 1. The molecule has 2 rings (SSSR count). The Morgan fingerprint density at radius 1 is 1.45 bits per heavy atom. The van der Waals surface area contributed by atoms with Crippen molar-refractivity contribution in [3.8, 4) is 0 Å². The van der Waals surface area contributed by atoms with E-state index in [1.807, 2.05) is 22.9 Å². The average Bonchev–Trinajstić information content (AvgIpc) is 2.41. The number of rotatable bonds is 5. The third kappa shape index (κ3) is 3.69. The van der Waals surface area contributed by atoms with E-state index in [-0.39, 0.29) is 18.3 Å². The van der Waals surface area contributed by atoms with Crippen LogP contribution >= 0.6 is 0 Å². The molecule has 0 aliphatic carbocycles. The van der Waals surface area contributed by atoms with Gasteiger partial charge in [0.25, 0.3) is 5.56 Å². The predicted molar refractivity (Wildman–Crippen MR) is 79.9 cm³/mol. The molecule has 1 aliphatic heterocycles. The lowest BCUT2D eigenvalue weighted by atomic mass is 10.0. The lowest BCUT2D eigenvalue weighted by Crippen LogP contribution is -2.41. The van der Waals surface area contributed by atoms with Crippen LogP contribution in [-0.4, -0.2) is 35.8 Å². The Hall–Kier alpha value is -1.16. The smallest absolute Gasteiger partial charge is 0.254 e. The van der Waals surface area contributed by atoms with E-state index in [4.69, 9.17) is 0 Å². The molecule has 1 saturated heterocycles. The van der Waals surface area contributed by atoms with E-state index in [0.717, 1.165) is 37.9 Å². The summed E-state index contributed by atoms with van der Waals surface area (Å²) >= 11 is 0. The molecule has 4 heteroatoms. The fourth-order valence-corrected chi connectivity index (χ4v) is 3.02. The Balaban J connectivity index is 2.17. The zero-order valence-corrected chi connectivity index (χ0v) is 12.5. The highest BCUT2D eigenvalue weighted by molar-refractivity contribution is 5.12.